The van der Waals surface area contributed by atoms with Crippen LogP contribution in [0.3, 0.4) is 0 Å². The molecule has 1 aromatic carbocycles. The average molecular weight is 294 g/mol. The maximum Gasteiger partial charge on any atom is 0.337 e. The molecule has 0 aliphatic heterocycles. The molecule has 0 aliphatic rings. The number of nitrogens with one attached hydrogen (secondary N) is 1. The maximum absolute atomic E-state index is 12.3. The summed E-state index contributed by atoms with van der Waals surface area (Å²) in [6.45, 7) is 5.87. The minimum Gasteiger partial charge on any atom is -0.497 e. The molecule has 116 valence electrons. The number of anilines is 1. The number of rotatable bonds is 5. The van der Waals surface area contributed by atoms with Gasteiger partial charge >= 0.3 is 12.0 Å². The molecule has 0 saturated carbocycles. The second-order valence-corrected chi connectivity index (χ2v) is 5.37. The number of carbonyl (C=O) groups excluding carboxylic acids is 1. The van der Waals surface area contributed by atoms with Gasteiger partial charge < -0.3 is 20.1 Å². The zero-order valence-electron chi connectivity index (χ0n) is 13.1. The van der Waals surface area contributed by atoms with Crippen molar-refractivity contribution in [3.63, 3.8) is 0 Å². The van der Waals surface area contributed by atoms with E-state index in [-0.39, 0.29) is 22.8 Å². The lowest BCUT2D eigenvalue weighted by Crippen LogP contribution is -2.46. The van der Waals surface area contributed by atoms with Crippen molar-refractivity contribution in [2.24, 2.45) is 0 Å². The zero-order valence-corrected chi connectivity index (χ0v) is 13.1. The number of methoxy groups -OCH3 is 1. The Kier molecular flexibility index (Phi) is 5.18. The summed E-state index contributed by atoms with van der Waals surface area (Å²) in [7, 11) is 3.16. The summed E-state index contributed by atoms with van der Waals surface area (Å²) in [6, 6.07) is 4.08. The molecule has 0 aromatic heterocycles. The zero-order chi connectivity index (χ0) is 16.2. The van der Waals surface area contributed by atoms with E-state index in [4.69, 9.17) is 4.74 Å². The number of aromatic carboxylic acids is 1. The summed E-state index contributed by atoms with van der Waals surface area (Å²) in [5.41, 5.74) is -0.0933. The molecule has 0 spiro atoms. The first-order chi connectivity index (χ1) is 9.72. The van der Waals surface area contributed by atoms with E-state index < -0.39 is 5.97 Å². The molecule has 2 N–H and O–H groups in total. The van der Waals surface area contributed by atoms with E-state index in [1.54, 1.807) is 18.0 Å². The number of amides is 2. The number of carboxylic acids is 1. The van der Waals surface area contributed by atoms with Crippen molar-refractivity contribution >= 4 is 17.7 Å². The van der Waals surface area contributed by atoms with E-state index in [2.05, 4.69) is 5.32 Å². The summed E-state index contributed by atoms with van der Waals surface area (Å²) in [4.78, 5) is 25.0. The Morgan fingerprint density at radius 3 is 2.48 bits per heavy atom. The van der Waals surface area contributed by atoms with E-state index in [1.165, 1.54) is 19.2 Å². The fourth-order valence-electron chi connectivity index (χ4n) is 1.65. The molecule has 0 saturated heterocycles. The highest BCUT2D eigenvalue weighted by molar-refractivity contribution is 6.00. The first-order valence-corrected chi connectivity index (χ1v) is 6.69. The van der Waals surface area contributed by atoms with Crippen LogP contribution < -0.4 is 10.1 Å². The van der Waals surface area contributed by atoms with Crippen LogP contribution in [-0.2, 0) is 0 Å². The Labute approximate surface area is 124 Å². The van der Waals surface area contributed by atoms with Crippen LogP contribution in [-0.4, -0.2) is 41.7 Å². The van der Waals surface area contributed by atoms with Crippen molar-refractivity contribution in [1.82, 2.24) is 4.90 Å². The minimum absolute atomic E-state index is 0.0202. The van der Waals surface area contributed by atoms with Crippen molar-refractivity contribution in [2.45, 2.75) is 32.7 Å². The molecular formula is C15H22N2O4. The van der Waals surface area contributed by atoms with Crippen LogP contribution in [0.2, 0.25) is 0 Å². The van der Waals surface area contributed by atoms with Crippen molar-refractivity contribution < 1.29 is 19.4 Å². The van der Waals surface area contributed by atoms with E-state index >= 15 is 0 Å². The summed E-state index contributed by atoms with van der Waals surface area (Å²) in [6.07, 6.45) is 0.779. The lowest BCUT2D eigenvalue weighted by Gasteiger charge is -2.34. The quantitative estimate of drug-likeness (QED) is 0.874. The van der Waals surface area contributed by atoms with Gasteiger partial charge in [-0.1, -0.05) is 6.92 Å². The molecule has 6 nitrogen and oxygen atoms in total. The van der Waals surface area contributed by atoms with Crippen molar-refractivity contribution in [1.29, 1.82) is 0 Å². The molecule has 0 radical (unpaired) electrons. The molecule has 6 heteroatoms. The van der Waals surface area contributed by atoms with E-state index in [1.807, 2.05) is 20.8 Å². The van der Waals surface area contributed by atoms with Gasteiger partial charge in [0.1, 0.15) is 5.75 Å². The normalized spacial score (nSPS) is 10.9. The number of hydrogen-bond donors (Lipinski definition) is 2. The van der Waals surface area contributed by atoms with Crippen molar-refractivity contribution in [3.8, 4) is 5.75 Å². The molecule has 0 fully saturated rings. The van der Waals surface area contributed by atoms with Gasteiger partial charge in [-0.3, -0.25) is 0 Å². The minimum atomic E-state index is -1.11. The smallest absolute Gasteiger partial charge is 0.337 e. The van der Waals surface area contributed by atoms with Crippen LogP contribution in [0.5, 0.6) is 5.75 Å². The third-order valence-corrected chi connectivity index (χ3v) is 3.78. The topological polar surface area (TPSA) is 78.9 Å². The lowest BCUT2D eigenvalue weighted by molar-refractivity contribution is 0.0698. The highest BCUT2D eigenvalue weighted by atomic mass is 16.5. The second-order valence-electron chi connectivity index (χ2n) is 5.37. The van der Waals surface area contributed by atoms with Crippen LogP contribution in [0.4, 0.5) is 10.5 Å². The van der Waals surface area contributed by atoms with Gasteiger partial charge in [-0.15, -0.1) is 0 Å². The molecule has 21 heavy (non-hydrogen) atoms. The fourth-order valence-corrected chi connectivity index (χ4v) is 1.65. The first-order valence-electron chi connectivity index (χ1n) is 6.69. The summed E-state index contributed by atoms with van der Waals surface area (Å²) in [5, 5.41) is 11.8. The molecule has 0 heterocycles. The first kappa shape index (κ1) is 16.8. The summed E-state index contributed by atoms with van der Waals surface area (Å²) >= 11 is 0. The Morgan fingerprint density at radius 2 is 2.00 bits per heavy atom. The van der Waals surface area contributed by atoms with E-state index in [9.17, 15) is 14.7 Å². The maximum atomic E-state index is 12.3. The molecule has 0 atom stereocenters. The molecular weight excluding hydrogens is 272 g/mol. The van der Waals surface area contributed by atoms with Crippen LogP contribution >= 0.6 is 0 Å². The molecule has 1 rings (SSSR count). The number of hydrogen-bond acceptors (Lipinski definition) is 3. The number of benzene rings is 1. The van der Waals surface area contributed by atoms with Crippen LogP contribution in [0, 0.1) is 0 Å². The number of nitrogens with zero attached hydrogens (tertiary/aromatic N) is 1. The van der Waals surface area contributed by atoms with Gasteiger partial charge in [0.2, 0.25) is 0 Å². The SMILES string of the molecule is CCC(C)(C)N(C)C(=O)Nc1cc(OC)ccc1C(=O)O. The number of ether oxygens (including phenoxy) is 1. The van der Waals surface area contributed by atoms with E-state index in [0.717, 1.165) is 6.42 Å². The van der Waals surface area contributed by atoms with Gasteiger partial charge in [0.05, 0.1) is 18.4 Å². The van der Waals surface area contributed by atoms with Gasteiger partial charge in [0.15, 0.2) is 0 Å². The highest BCUT2D eigenvalue weighted by Gasteiger charge is 2.26. The largest absolute Gasteiger partial charge is 0.497 e. The van der Waals surface area contributed by atoms with Gasteiger partial charge in [-0.2, -0.15) is 0 Å². The van der Waals surface area contributed by atoms with Gasteiger partial charge in [-0.05, 0) is 32.4 Å². The van der Waals surface area contributed by atoms with Gasteiger partial charge in [-0.25, -0.2) is 9.59 Å². The third-order valence-electron chi connectivity index (χ3n) is 3.78. The fraction of sp³-hybridized carbons (Fsp3) is 0.467. The summed E-state index contributed by atoms with van der Waals surface area (Å²) in [5.74, 6) is -0.627. The summed E-state index contributed by atoms with van der Waals surface area (Å²) < 4.78 is 5.06. The predicted molar refractivity (Wildman–Crippen MR) is 81.1 cm³/mol. The van der Waals surface area contributed by atoms with Gasteiger partial charge in [0.25, 0.3) is 0 Å². The molecule has 0 bridgehead atoms. The average Bonchev–Trinajstić information content (AvgIpc) is 2.45. The Morgan fingerprint density at radius 1 is 1.38 bits per heavy atom. The Balaban J connectivity index is 3.06. The number of urea groups is 1. The molecule has 1 aromatic rings. The van der Waals surface area contributed by atoms with E-state index in [0.29, 0.717) is 5.75 Å². The van der Waals surface area contributed by atoms with Crippen LogP contribution in [0.15, 0.2) is 18.2 Å². The standard InChI is InChI=1S/C15H22N2O4/c1-6-15(2,3)17(4)14(20)16-12-9-10(21-5)7-8-11(12)13(18)19/h7-9H,6H2,1-5H3,(H,16,20)(H,18,19). The molecule has 0 aliphatic carbocycles. The van der Waals surface area contributed by atoms with Crippen molar-refractivity contribution in [3.05, 3.63) is 23.8 Å². The van der Waals surface area contributed by atoms with Crippen molar-refractivity contribution in [2.75, 3.05) is 19.5 Å². The lowest BCUT2D eigenvalue weighted by atomic mass is 10.0. The Bertz CT molecular complexity index is 540. The molecule has 2 amide bonds. The van der Waals surface area contributed by atoms with Crippen LogP contribution in [0.25, 0.3) is 0 Å². The highest BCUT2D eigenvalue weighted by Crippen LogP contribution is 2.24. The third kappa shape index (κ3) is 3.87. The Hall–Kier alpha value is -2.24. The number of carboxylic acid groups (broad SMARTS) is 1. The van der Waals surface area contributed by atoms with Gasteiger partial charge in [0, 0.05) is 18.7 Å². The predicted octanol–water partition coefficient (Wildman–Crippen LogP) is 3.05. The molecule has 0 unspecified atom stereocenters. The second kappa shape index (κ2) is 6.47. The number of carbonyl (C=O) groups is 2. The van der Waals surface area contributed by atoms with Crippen LogP contribution in [0.1, 0.15) is 37.6 Å². The monoisotopic (exact) mass is 294 g/mol.